The lowest BCUT2D eigenvalue weighted by atomic mass is 10.0. The zero-order chi connectivity index (χ0) is 16.5. The molecular weight excluding hydrogens is 309 g/mol. The molecule has 8 heteroatoms. The van der Waals surface area contributed by atoms with Gasteiger partial charge in [-0.25, -0.2) is 18.0 Å². The van der Waals surface area contributed by atoms with Gasteiger partial charge in [-0.3, -0.25) is 4.99 Å². The summed E-state index contributed by atoms with van der Waals surface area (Å²) in [5.41, 5.74) is -1.95. The molecule has 0 bridgehead atoms. The SMILES string of the molecule is CC1(F)CC=C(C(=O)Oc2c(F)c(F)cc(F)c2F)C=NC1. The summed E-state index contributed by atoms with van der Waals surface area (Å²) in [6.07, 6.45) is 1.92. The standard InChI is InChI=1S/C14H10F5NO2/c1-14(19)3-2-7(5-20-6-14)13(21)22-12-10(17)8(15)4-9(16)11(12)18/h2,4-5H,3,6H2,1H3. The Bertz CT molecular complexity index is 656. The molecule has 1 aromatic rings. The van der Waals surface area contributed by atoms with Gasteiger partial charge in [-0.15, -0.1) is 0 Å². The summed E-state index contributed by atoms with van der Waals surface area (Å²) in [5.74, 6) is -9.89. The van der Waals surface area contributed by atoms with Gasteiger partial charge in [0.15, 0.2) is 11.6 Å². The van der Waals surface area contributed by atoms with Crippen LogP contribution >= 0.6 is 0 Å². The summed E-state index contributed by atoms with van der Waals surface area (Å²) in [5, 5.41) is 0. The van der Waals surface area contributed by atoms with Crippen molar-refractivity contribution in [2.75, 3.05) is 6.54 Å². The van der Waals surface area contributed by atoms with E-state index in [0.29, 0.717) is 0 Å². The topological polar surface area (TPSA) is 38.7 Å². The van der Waals surface area contributed by atoms with Crippen LogP contribution in [0.2, 0.25) is 0 Å². The highest BCUT2D eigenvalue weighted by Gasteiger charge is 2.27. The van der Waals surface area contributed by atoms with Gasteiger partial charge in [0, 0.05) is 18.7 Å². The van der Waals surface area contributed by atoms with E-state index in [1.807, 2.05) is 0 Å². The van der Waals surface area contributed by atoms with Gasteiger partial charge in [0.05, 0.1) is 12.1 Å². The molecule has 0 saturated carbocycles. The molecule has 2 rings (SSSR count). The molecule has 1 aliphatic rings. The van der Waals surface area contributed by atoms with Crippen molar-refractivity contribution in [1.82, 2.24) is 0 Å². The van der Waals surface area contributed by atoms with Gasteiger partial charge in [0.25, 0.3) is 0 Å². The van der Waals surface area contributed by atoms with E-state index in [4.69, 9.17) is 0 Å². The van der Waals surface area contributed by atoms with Crippen LogP contribution in [-0.4, -0.2) is 24.4 Å². The largest absolute Gasteiger partial charge is 0.416 e. The van der Waals surface area contributed by atoms with E-state index in [-0.39, 0.29) is 24.6 Å². The predicted octanol–water partition coefficient (Wildman–Crippen LogP) is 3.28. The minimum absolute atomic E-state index is 0.0110. The van der Waals surface area contributed by atoms with Crippen molar-refractivity contribution in [3.63, 3.8) is 0 Å². The van der Waals surface area contributed by atoms with Crippen molar-refractivity contribution in [2.45, 2.75) is 19.0 Å². The Morgan fingerprint density at radius 2 is 1.82 bits per heavy atom. The molecular formula is C14H10F5NO2. The van der Waals surface area contributed by atoms with Crippen LogP contribution in [0.1, 0.15) is 13.3 Å². The van der Waals surface area contributed by atoms with E-state index in [1.54, 1.807) is 0 Å². The monoisotopic (exact) mass is 319 g/mol. The lowest BCUT2D eigenvalue weighted by Crippen LogP contribution is -2.20. The number of ether oxygens (including phenoxy) is 1. The number of nitrogens with zero attached hydrogens (tertiary/aromatic N) is 1. The molecule has 3 nitrogen and oxygen atoms in total. The summed E-state index contributed by atoms with van der Waals surface area (Å²) in [6.45, 7) is 1.05. The zero-order valence-corrected chi connectivity index (χ0v) is 11.3. The molecule has 0 aromatic heterocycles. The molecule has 1 heterocycles. The van der Waals surface area contributed by atoms with Crippen molar-refractivity contribution in [3.05, 3.63) is 41.0 Å². The molecule has 0 spiro atoms. The summed E-state index contributed by atoms with van der Waals surface area (Å²) in [6, 6.07) is -0.0110. The van der Waals surface area contributed by atoms with Gasteiger partial charge in [-0.05, 0) is 6.92 Å². The first kappa shape index (κ1) is 16.1. The molecule has 1 atom stereocenters. The number of allylic oxidation sites excluding steroid dienone is 1. The fraction of sp³-hybridized carbons (Fsp3) is 0.286. The van der Waals surface area contributed by atoms with Crippen LogP contribution < -0.4 is 4.74 Å². The third-order valence-corrected chi connectivity index (χ3v) is 2.90. The highest BCUT2D eigenvalue weighted by Crippen LogP contribution is 2.27. The molecule has 0 fully saturated rings. The fourth-order valence-corrected chi connectivity index (χ4v) is 1.70. The number of rotatable bonds is 2. The number of alkyl halides is 1. The highest BCUT2D eigenvalue weighted by molar-refractivity contribution is 6.10. The average molecular weight is 319 g/mol. The summed E-state index contributed by atoms with van der Waals surface area (Å²) < 4.78 is 70.9. The maximum atomic E-state index is 13.7. The smallest absolute Gasteiger partial charge is 0.344 e. The van der Waals surface area contributed by atoms with E-state index in [9.17, 15) is 26.7 Å². The number of carbonyl (C=O) groups is 1. The van der Waals surface area contributed by atoms with Gasteiger partial charge < -0.3 is 4.74 Å². The maximum absolute atomic E-state index is 13.7. The van der Waals surface area contributed by atoms with Crippen LogP contribution in [0, 0.1) is 23.3 Å². The Labute approximate surface area is 122 Å². The van der Waals surface area contributed by atoms with Crippen molar-refractivity contribution in [2.24, 2.45) is 4.99 Å². The van der Waals surface area contributed by atoms with Gasteiger partial charge in [0.2, 0.25) is 17.4 Å². The molecule has 0 aliphatic carbocycles. The Balaban J connectivity index is 2.29. The third kappa shape index (κ3) is 3.32. The minimum Gasteiger partial charge on any atom is -0.416 e. The first-order valence-corrected chi connectivity index (χ1v) is 6.15. The second kappa shape index (κ2) is 5.86. The van der Waals surface area contributed by atoms with Crippen LogP contribution in [0.25, 0.3) is 0 Å². The molecule has 22 heavy (non-hydrogen) atoms. The van der Waals surface area contributed by atoms with Crippen molar-refractivity contribution in [3.8, 4) is 5.75 Å². The van der Waals surface area contributed by atoms with E-state index in [0.717, 1.165) is 12.3 Å². The van der Waals surface area contributed by atoms with Crippen LogP contribution in [0.15, 0.2) is 22.7 Å². The molecule has 0 N–H and O–H groups in total. The molecule has 1 aliphatic heterocycles. The third-order valence-electron chi connectivity index (χ3n) is 2.90. The summed E-state index contributed by atoms with van der Waals surface area (Å²) in [4.78, 5) is 15.4. The number of hydrogen-bond acceptors (Lipinski definition) is 3. The Morgan fingerprint density at radius 1 is 1.23 bits per heavy atom. The number of halogens is 5. The van der Waals surface area contributed by atoms with Crippen molar-refractivity contribution < 1.29 is 31.5 Å². The normalized spacial score (nSPS) is 21.3. The lowest BCUT2D eigenvalue weighted by Gasteiger charge is -2.13. The van der Waals surface area contributed by atoms with E-state index < -0.39 is 40.7 Å². The van der Waals surface area contributed by atoms with Gasteiger partial charge in [-0.1, -0.05) is 6.08 Å². The van der Waals surface area contributed by atoms with Gasteiger partial charge in [-0.2, -0.15) is 8.78 Å². The van der Waals surface area contributed by atoms with Crippen LogP contribution in [0.5, 0.6) is 5.75 Å². The average Bonchev–Trinajstić information content (AvgIpc) is 2.62. The number of aliphatic imine (C=N–C) groups is 1. The second-order valence-electron chi connectivity index (χ2n) is 4.93. The molecule has 118 valence electrons. The van der Waals surface area contributed by atoms with Crippen molar-refractivity contribution in [1.29, 1.82) is 0 Å². The fourth-order valence-electron chi connectivity index (χ4n) is 1.70. The lowest BCUT2D eigenvalue weighted by molar-refractivity contribution is -0.130. The number of carbonyl (C=O) groups excluding carboxylic acids is 1. The van der Waals surface area contributed by atoms with Gasteiger partial charge >= 0.3 is 5.97 Å². The van der Waals surface area contributed by atoms with E-state index >= 15 is 0 Å². The zero-order valence-electron chi connectivity index (χ0n) is 11.3. The molecule has 0 radical (unpaired) electrons. The quantitative estimate of drug-likeness (QED) is 0.363. The molecule has 0 amide bonds. The summed E-state index contributed by atoms with van der Waals surface area (Å²) in [7, 11) is 0. The Morgan fingerprint density at radius 3 is 2.41 bits per heavy atom. The molecule has 0 saturated heterocycles. The van der Waals surface area contributed by atoms with Crippen molar-refractivity contribution >= 4 is 12.2 Å². The Kier molecular flexibility index (Phi) is 4.30. The van der Waals surface area contributed by atoms with Crippen LogP contribution in [0.4, 0.5) is 22.0 Å². The van der Waals surface area contributed by atoms with Gasteiger partial charge in [0.1, 0.15) is 5.67 Å². The van der Waals surface area contributed by atoms with Crippen LogP contribution in [0.3, 0.4) is 0 Å². The minimum atomic E-state index is -1.84. The Hall–Kier alpha value is -2.25. The first-order valence-electron chi connectivity index (χ1n) is 6.15. The molecule has 1 aromatic carbocycles. The first-order chi connectivity index (χ1) is 10.2. The maximum Gasteiger partial charge on any atom is 0.344 e. The highest BCUT2D eigenvalue weighted by atomic mass is 19.2. The summed E-state index contributed by atoms with van der Waals surface area (Å²) >= 11 is 0. The molecule has 1 unspecified atom stereocenters. The van der Waals surface area contributed by atoms with E-state index in [1.165, 1.54) is 6.92 Å². The second-order valence-corrected chi connectivity index (χ2v) is 4.93. The number of hydrogen-bond donors (Lipinski definition) is 0. The number of esters is 1. The predicted molar refractivity (Wildman–Crippen MR) is 67.5 cm³/mol. The van der Waals surface area contributed by atoms with Crippen LogP contribution in [-0.2, 0) is 4.79 Å². The number of benzene rings is 1. The van der Waals surface area contributed by atoms with E-state index in [2.05, 4.69) is 9.73 Å².